The van der Waals surface area contributed by atoms with E-state index in [1.807, 2.05) is 31.2 Å². The third kappa shape index (κ3) is 3.58. The monoisotopic (exact) mass is 356 g/mol. The standard InChI is InChI=1S/C21H25NO4/c1-3-23-20-9-15-8-14(2)25-21(15)10-16(20)11-22-12-17-13-24-18-6-4-5-7-19(18)26-17/h4-7,9-10,14,17,22H,3,8,11-13H2,1-2H3/p+1/t14-,17+/m1/s1. The minimum Gasteiger partial charge on any atom is -0.493 e. The first kappa shape index (κ1) is 17.0. The lowest BCUT2D eigenvalue weighted by Crippen LogP contribution is -2.85. The van der Waals surface area contributed by atoms with Gasteiger partial charge in [0.15, 0.2) is 17.6 Å². The van der Waals surface area contributed by atoms with Crippen molar-refractivity contribution in [3.05, 3.63) is 47.5 Å². The lowest BCUT2D eigenvalue weighted by molar-refractivity contribution is -0.676. The number of benzene rings is 2. The Hall–Kier alpha value is -2.40. The van der Waals surface area contributed by atoms with E-state index in [0.29, 0.717) is 13.2 Å². The summed E-state index contributed by atoms with van der Waals surface area (Å²) in [5.74, 6) is 3.61. The predicted molar refractivity (Wildman–Crippen MR) is 98.3 cm³/mol. The summed E-state index contributed by atoms with van der Waals surface area (Å²) >= 11 is 0. The van der Waals surface area contributed by atoms with Crippen molar-refractivity contribution in [2.45, 2.75) is 39.0 Å². The summed E-state index contributed by atoms with van der Waals surface area (Å²) in [7, 11) is 0. The number of fused-ring (bicyclic) bond motifs is 2. The summed E-state index contributed by atoms with van der Waals surface area (Å²) < 4.78 is 23.6. The van der Waals surface area contributed by atoms with Gasteiger partial charge in [0, 0.05) is 12.0 Å². The van der Waals surface area contributed by atoms with Gasteiger partial charge in [-0.2, -0.15) is 0 Å². The van der Waals surface area contributed by atoms with E-state index in [1.54, 1.807) is 0 Å². The Balaban J connectivity index is 1.38. The molecule has 26 heavy (non-hydrogen) atoms. The zero-order chi connectivity index (χ0) is 17.9. The molecule has 2 atom stereocenters. The Kier molecular flexibility index (Phi) is 4.89. The van der Waals surface area contributed by atoms with Gasteiger partial charge in [-0.05, 0) is 38.1 Å². The summed E-state index contributed by atoms with van der Waals surface area (Å²) in [4.78, 5) is 0. The average Bonchev–Trinajstić information content (AvgIpc) is 3.01. The fourth-order valence-electron chi connectivity index (χ4n) is 3.53. The predicted octanol–water partition coefficient (Wildman–Crippen LogP) is 2.31. The highest BCUT2D eigenvalue weighted by Gasteiger charge is 2.24. The molecule has 0 bridgehead atoms. The number of ether oxygens (including phenoxy) is 4. The molecule has 0 saturated carbocycles. The number of rotatable bonds is 6. The van der Waals surface area contributed by atoms with Crippen LogP contribution in [-0.2, 0) is 13.0 Å². The fraction of sp³-hybridized carbons (Fsp3) is 0.429. The van der Waals surface area contributed by atoms with E-state index in [1.165, 1.54) is 5.56 Å². The van der Waals surface area contributed by atoms with E-state index in [2.05, 4.69) is 24.4 Å². The van der Waals surface area contributed by atoms with Crippen molar-refractivity contribution in [1.82, 2.24) is 0 Å². The van der Waals surface area contributed by atoms with Gasteiger partial charge in [-0.25, -0.2) is 0 Å². The van der Waals surface area contributed by atoms with Gasteiger partial charge in [-0.3, -0.25) is 0 Å². The van der Waals surface area contributed by atoms with E-state index < -0.39 is 0 Å². The molecule has 5 heteroatoms. The lowest BCUT2D eigenvalue weighted by atomic mass is 10.1. The molecule has 0 saturated heterocycles. The molecule has 2 aliphatic rings. The van der Waals surface area contributed by atoms with Crippen LogP contribution in [0.15, 0.2) is 36.4 Å². The first-order valence-electron chi connectivity index (χ1n) is 9.38. The first-order valence-corrected chi connectivity index (χ1v) is 9.38. The van der Waals surface area contributed by atoms with E-state index in [-0.39, 0.29) is 12.2 Å². The summed E-state index contributed by atoms with van der Waals surface area (Å²) in [6.07, 6.45) is 1.24. The molecule has 0 amide bonds. The van der Waals surface area contributed by atoms with Crippen molar-refractivity contribution in [1.29, 1.82) is 0 Å². The Labute approximate surface area is 154 Å². The number of hydrogen-bond donors (Lipinski definition) is 1. The first-order chi connectivity index (χ1) is 12.7. The zero-order valence-corrected chi connectivity index (χ0v) is 15.4. The Morgan fingerprint density at radius 2 is 1.96 bits per heavy atom. The fourth-order valence-corrected chi connectivity index (χ4v) is 3.53. The smallest absolute Gasteiger partial charge is 0.181 e. The van der Waals surface area contributed by atoms with E-state index in [4.69, 9.17) is 18.9 Å². The van der Waals surface area contributed by atoms with Crippen molar-refractivity contribution >= 4 is 0 Å². The van der Waals surface area contributed by atoms with Gasteiger partial charge in [0.1, 0.15) is 37.3 Å². The van der Waals surface area contributed by atoms with Gasteiger partial charge in [-0.1, -0.05) is 12.1 Å². The lowest BCUT2D eigenvalue weighted by Gasteiger charge is -2.25. The minimum atomic E-state index is 0.0474. The molecular formula is C21H26NO4+. The molecule has 0 aromatic heterocycles. The highest BCUT2D eigenvalue weighted by molar-refractivity contribution is 5.48. The number of para-hydroxylation sites is 2. The zero-order valence-electron chi connectivity index (χ0n) is 15.4. The number of quaternary nitrogens is 1. The van der Waals surface area contributed by atoms with Gasteiger partial charge in [0.05, 0.1) is 12.2 Å². The van der Waals surface area contributed by atoms with Gasteiger partial charge < -0.3 is 24.3 Å². The third-order valence-corrected chi connectivity index (χ3v) is 4.74. The molecule has 5 nitrogen and oxygen atoms in total. The molecule has 2 aromatic carbocycles. The largest absolute Gasteiger partial charge is 0.493 e. The molecule has 0 aliphatic carbocycles. The maximum absolute atomic E-state index is 6.02. The van der Waals surface area contributed by atoms with Gasteiger partial charge in [0.2, 0.25) is 0 Å². The van der Waals surface area contributed by atoms with Crippen LogP contribution in [0, 0.1) is 0 Å². The van der Waals surface area contributed by atoms with Crippen LogP contribution in [0.3, 0.4) is 0 Å². The Morgan fingerprint density at radius 1 is 1.12 bits per heavy atom. The number of hydrogen-bond acceptors (Lipinski definition) is 4. The molecule has 0 fully saturated rings. The van der Waals surface area contributed by atoms with E-state index >= 15 is 0 Å². The summed E-state index contributed by atoms with van der Waals surface area (Å²) in [5.41, 5.74) is 2.40. The molecular weight excluding hydrogens is 330 g/mol. The molecule has 0 unspecified atom stereocenters. The molecule has 4 rings (SSSR count). The second kappa shape index (κ2) is 7.46. The quantitative estimate of drug-likeness (QED) is 0.863. The summed E-state index contributed by atoms with van der Waals surface area (Å²) in [5, 5.41) is 2.24. The second-order valence-corrected chi connectivity index (χ2v) is 6.86. The van der Waals surface area contributed by atoms with Crippen LogP contribution in [0.2, 0.25) is 0 Å². The Morgan fingerprint density at radius 3 is 2.81 bits per heavy atom. The molecule has 2 aliphatic heterocycles. The van der Waals surface area contributed by atoms with Crippen molar-refractivity contribution < 1.29 is 24.3 Å². The molecule has 138 valence electrons. The summed E-state index contributed by atoms with van der Waals surface area (Å²) in [6.45, 7) is 7.01. The topological polar surface area (TPSA) is 53.5 Å². The maximum Gasteiger partial charge on any atom is 0.181 e. The third-order valence-electron chi connectivity index (χ3n) is 4.74. The van der Waals surface area contributed by atoms with Crippen LogP contribution < -0.4 is 24.3 Å². The van der Waals surface area contributed by atoms with Crippen LogP contribution in [-0.4, -0.2) is 32.0 Å². The maximum atomic E-state index is 6.02. The highest BCUT2D eigenvalue weighted by Crippen LogP contribution is 2.35. The molecule has 0 spiro atoms. The Bertz CT molecular complexity index is 777. The SMILES string of the molecule is CCOc1cc2c(cc1C[NH2+]C[C@H]1COc3ccccc3O1)O[C@H](C)C2. The van der Waals surface area contributed by atoms with Crippen LogP contribution in [0.5, 0.6) is 23.0 Å². The average molecular weight is 356 g/mol. The van der Waals surface area contributed by atoms with E-state index in [9.17, 15) is 0 Å². The van der Waals surface area contributed by atoms with Crippen molar-refractivity contribution in [2.75, 3.05) is 19.8 Å². The molecule has 0 radical (unpaired) electrons. The van der Waals surface area contributed by atoms with Gasteiger partial charge in [-0.15, -0.1) is 0 Å². The van der Waals surface area contributed by atoms with Crippen LogP contribution in [0.25, 0.3) is 0 Å². The minimum absolute atomic E-state index is 0.0474. The number of nitrogens with two attached hydrogens (primary N) is 1. The van der Waals surface area contributed by atoms with Crippen molar-refractivity contribution in [2.24, 2.45) is 0 Å². The van der Waals surface area contributed by atoms with Crippen LogP contribution in [0.1, 0.15) is 25.0 Å². The molecule has 2 aromatic rings. The van der Waals surface area contributed by atoms with E-state index in [0.717, 1.165) is 48.1 Å². The summed E-state index contributed by atoms with van der Waals surface area (Å²) in [6, 6.07) is 12.1. The van der Waals surface area contributed by atoms with Gasteiger partial charge in [0.25, 0.3) is 0 Å². The normalized spacial score (nSPS) is 20.4. The second-order valence-electron chi connectivity index (χ2n) is 6.86. The van der Waals surface area contributed by atoms with Crippen LogP contribution in [0.4, 0.5) is 0 Å². The van der Waals surface area contributed by atoms with Crippen molar-refractivity contribution in [3.63, 3.8) is 0 Å². The molecule has 2 N–H and O–H groups in total. The van der Waals surface area contributed by atoms with Crippen LogP contribution >= 0.6 is 0 Å². The van der Waals surface area contributed by atoms with Crippen molar-refractivity contribution in [3.8, 4) is 23.0 Å². The highest BCUT2D eigenvalue weighted by atomic mass is 16.6. The molecule has 2 heterocycles. The van der Waals surface area contributed by atoms with Gasteiger partial charge >= 0.3 is 0 Å².